The zero-order chi connectivity index (χ0) is 21.4. The normalized spacial score (nSPS) is 11.4. The Labute approximate surface area is 184 Å². The highest BCUT2D eigenvalue weighted by molar-refractivity contribution is 6.30. The van der Waals surface area contributed by atoms with Crippen LogP contribution in [0.25, 0.3) is 33.3 Å². The van der Waals surface area contributed by atoms with Gasteiger partial charge in [-0.15, -0.1) is 0 Å². The molecule has 3 heterocycles. The van der Waals surface area contributed by atoms with Gasteiger partial charge in [0.15, 0.2) is 5.75 Å². The van der Waals surface area contributed by atoms with Crippen molar-refractivity contribution in [3.05, 3.63) is 78.5 Å². The molecule has 0 saturated carbocycles. The summed E-state index contributed by atoms with van der Waals surface area (Å²) in [6.45, 7) is 1.26. The molecule has 5 aromatic rings. The van der Waals surface area contributed by atoms with E-state index < -0.39 is 0 Å². The Balaban J connectivity index is 1.66. The summed E-state index contributed by atoms with van der Waals surface area (Å²) in [6.07, 6.45) is 8.03. The molecule has 2 aromatic carbocycles. The Morgan fingerprint density at radius 2 is 1.90 bits per heavy atom. The van der Waals surface area contributed by atoms with Gasteiger partial charge in [-0.1, -0.05) is 41.9 Å². The van der Waals surface area contributed by atoms with E-state index in [0.29, 0.717) is 17.1 Å². The van der Waals surface area contributed by atoms with Crippen molar-refractivity contribution in [2.75, 3.05) is 0 Å². The van der Waals surface area contributed by atoms with Crippen molar-refractivity contribution in [1.82, 2.24) is 19.1 Å². The number of hydrogen-bond donors (Lipinski definition) is 3. The first-order valence-electron chi connectivity index (χ1n) is 10.1. The molecule has 5 rings (SSSR count). The molecule has 0 aliphatic carbocycles. The van der Waals surface area contributed by atoms with Gasteiger partial charge in [-0.25, -0.2) is 4.98 Å². The Bertz CT molecular complexity index is 1350. The molecule has 3 N–H and O–H groups in total. The van der Waals surface area contributed by atoms with Gasteiger partial charge < -0.3 is 24.3 Å². The SMILES string of the molecule is Oc1c(-c2c[nH]c3ccccc23)c(-c2cccc(Cl)c2)n(CCCn2ccnc2)c1O. The van der Waals surface area contributed by atoms with Crippen LogP contribution in [-0.4, -0.2) is 29.3 Å². The molecule has 0 saturated heterocycles. The summed E-state index contributed by atoms with van der Waals surface area (Å²) in [5, 5.41) is 23.5. The minimum absolute atomic E-state index is 0.137. The number of aromatic nitrogens is 4. The molecule has 0 spiro atoms. The molecule has 0 aliphatic heterocycles. The number of nitrogens with zero attached hydrogens (tertiary/aromatic N) is 3. The molecule has 6 nitrogen and oxygen atoms in total. The number of H-pyrrole nitrogens is 1. The summed E-state index contributed by atoms with van der Waals surface area (Å²) in [7, 11) is 0. The largest absolute Gasteiger partial charge is 0.503 e. The highest BCUT2D eigenvalue weighted by atomic mass is 35.5. The zero-order valence-electron chi connectivity index (χ0n) is 16.7. The second-order valence-corrected chi connectivity index (χ2v) is 7.90. The van der Waals surface area contributed by atoms with Crippen molar-refractivity contribution in [3.8, 4) is 34.0 Å². The van der Waals surface area contributed by atoms with E-state index in [1.165, 1.54) is 0 Å². The Morgan fingerprint density at radius 3 is 2.71 bits per heavy atom. The second-order valence-electron chi connectivity index (χ2n) is 7.46. The molecule has 156 valence electrons. The smallest absolute Gasteiger partial charge is 0.235 e. The van der Waals surface area contributed by atoms with Crippen LogP contribution in [0.1, 0.15) is 6.42 Å². The van der Waals surface area contributed by atoms with Crippen LogP contribution in [0.3, 0.4) is 0 Å². The van der Waals surface area contributed by atoms with Crippen molar-refractivity contribution in [3.63, 3.8) is 0 Å². The van der Waals surface area contributed by atoms with Crippen molar-refractivity contribution in [2.24, 2.45) is 0 Å². The molecule has 0 unspecified atom stereocenters. The lowest BCUT2D eigenvalue weighted by Crippen LogP contribution is -2.04. The van der Waals surface area contributed by atoms with E-state index in [9.17, 15) is 10.2 Å². The van der Waals surface area contributed by atoms with E-state index in [1.54, 1.807) is 17.1 Å². The molecule has 0 amide bonds. The molecule has 0 fully saturated rings. The minimum Gasteiger partial charge on any atom is -0.503 e. The highest BCUT2D eigenvalue weighted by Crippen LogP contribution is 2.49. The van der Waals surface area contributed by atoms with Crippen LogP contribution < -0.4 is 0 Å². The lowest BCUT2D eigenvalue weighted by Gasteiger charge is -2.13. The molecule has 0 bridgehead atoms. The maximum Gasteiger partial charge on any atom is 0.235 e. The second kappa shape index (κ2) is 7.89. The van der Waals surface area contributed by atoms with Gasteiger partial charge in [0.25, 0.3) is 0 Å². The van der Waals surface area contributed by atoms with Crippen LogP contribution in [0.15, 0.2) is 73.4 Å². The molecule has 0 aliphatic rings. The number of rotatable bonds is 6. The van der Waals surface area contributed by atoms with Gasteiger partial charge in [0.2, 0.25) is 5.88 Å². The van der Waals surface area contributed by atoms with Gasteiger partial charge in [0.1, 0.15) is 0 Å². The number of aromatic amines is 1. The Hall–Kier alpha value is -3.64. The zero-order valence-corrected chi connectivity index (χ0v) is 17.4. The van der Waals surface area contributed by atoms with Crippen LogP contribution in [0.4, 0.5) is 0 Å². The lowest BCUT2D eigenvalue weighted by atomic mass is 10.00. The number of nitrogens with one attached hydrogen (secondary N) is 1. The fraction of sp³-hybridized carbons (Fsp3) is 0.125. The van der Waals surface area contributed by atoms with Crippen LogP contribution in [-0.2, 0) is 13.1 Å². The molecule has 0 radical (unpaired) electrons. The molecular weight excluding hydrogens is 412 g/mol. The van der Waals surface area contributed by atoms with Crippen LogP contribution in [0, 0.1) is 0 Å². The van der Waals surface area contributed by atoms with Crippen molar-refractivity contribution in [1.29, 1.82) is 0 Å². The number of hydrogen-bond acceptors (Lipinski definition) is 3. The summed E-state index contributed by atoms with van der Waals surface area (Å²) in [4.78, 5) is 7.33. The highest BCUT2D eigenvalue weighted by Gasteiger charge is 2.26. The summed E-state index contributed by atoms with van der Waals surface area (Å²) < 4.78 is 3.75. The number of benzene rings is 2. The standard InChI is InChI=1S/C24H21ClN4O2/c25-17-6-3-5-16(13-17)22-21(19-14-27-20-8-2-1-7-18(19)20)23(30)24(31)29(22)11-4-10-28-12-9-26-15-28/h1-3,5-9,12-15,27,30-31H,4,10-11H2. The first kappa shape index (κ1) is 19.3. The summed E-state index contributed by atoms with van der Waals surface area (Å²) in [5.41, 5.74) is 3.92. The first-order valence-corrected chi connectivity index (χ1v) is 10.4. The van der Waals surface area contributed by atoms with Gasteiger partial charge in [-0.3, -0.25) is 0 Å². The van der Waals surface area contributed by atoms with E-state index in [2.05, 4.69) is 9.97 Å². The molecule has 31 heavy (non-hydrogen) atoms. The number of fused-ring (bicyclic) bond motifs is 1. The van der Waals surface area contributed by atoms with E-state index in [-0.39, 0.29) is 11.6 Å². The molecule has 7 heteroatoms. The Kier molecular flexibility index (Phi) is 4.92. The molecular formula is C24H21ClN4O2. The first-order chi connectivity index (χ1) is 15.1. The third-order valence-electron chi connectivity index (χ3n) is 5.52. The number of aromatic hydroxyl groups is 2. The number of imidazole rings is 1. The maximum atomic E-state index is 11.0. The Morgan fingerprint density at radius 1 is 1.03 bits per heavy atom. The predicted octanol–water partition coefficient (Wildman–Crippen LogP) is 5.65. The summed E-state index contributed by atoms with van der Waals surface area (Å²) >= 11 is 6.29. The van der Waals surface area contributed by atoms with Crippen LogP contribution in [0.5, 0.6) is 11.6 Å². The average Bonchev–Trinajstić information content (AvgIpc) is 3.49. The molecule has 0 atom stereocenters. The quantitative estimate of drug-likeness (QED) is 0.324. The summed E-state index contributed by atoms with van der Waals surface area (Å²) in [6, 6.07) is 15.4. The number of halogens is 1. The van der Waals surface area contributed by atoms with Gasteiger partial charge in [0.05, 0.1) is 17.6 Å². The van der Waals surface area contributed by atoms with Crippen molar-refractivity contribution < 1.29 is 10.2 Å². The topological polar surface area (TPSA) is 79.0 Å². The van der Waals surface area contributed by atoms with Crippen LogP contribution >= 0.6 is 11.6 Å². The van der Waals surface area contributed by atoms with E-state index in [4.69, 9.17) is 11.6 Å². The summed E-state index contributed by atoms with van der Waals surface area (Å²) in [5.74, 6) is -0.289. The third-order valence-corrected chi connectivity index (χ3v) is 5.76. The monoisotopic (exact) mass is 432 g/mol. The van der Waals surface area contributed by atoms with E-state index >= 15 is 0 Å². The number of para-hydroxylation sites is 1. The van der Waals surface area contributed by atoms with E-state index in [1.807, 2.05) is 65.5 Å². The van der Waals surface area contributed by atoms with Gasteiger partial charge in [-0.2, -0.15) is 0 Å². The van der Waals surface area contributed by atoms with Gasteiger partial charge in [-0.05, 0) is 24.6 Å². The van der Waals surface area contributed by atoms with Gasteiger partial charge in [0, 0.05) is 58.7 Å². The molecule has 3 aromatic heterocycles. The lowest BCUT2D eigenvalue weighted by molar-refractivity contribution is 0.369. The van der Waals surface area contributed by atoms with Crippen molar-refractivity contribution in [2.45, 2.75) is 19.5 Å². The fourth-order valence-electron chi connectivity index (χ4n) is 4.11. The van der Waals surface area contributed by atoms with Crippen molar-refractivity contribution >= 4 is 22.5 Å². The maximum absolute atomic E-state index is 11.0. The average molecular weight is 433 g/mol. The number of aryl methyl sites for hydroxylation is 1. The minimum atomic E-state index is -0.152. The fourth-order valence-corrected chi connectivity index (χ4v) is 4.30. The van der Waals surface area contributed by atoms with Crippen LogP contribution in [0.2, 0.25) is 5.02 Å². The van der Waals surface area contributed by atoms with Gasteiger partial charge >= 0.3 is 0 Å². The van der Waals surface area contributed by atoms with E-state index in [0.717, 1.165) is 40.7 Å². The third kappa shape index (κ3) is 3.45. The predicted molar refractivity (Wildman–Crippen MR) is 122 cm³/mol.